The highest BCUT2D eigenvalue weighted by atomic mass is 32.2. The van der Waals surface area contributed by atoms with Gasteiger partial charge in [0.1, 0.15) is 10.7 Å². The SMILES string of the molecule is C#CC(C)(C)NS(=O)(=O)c1ccc(N)cc1F. The van der Waals surface area contributed by atoms with Crippen LogP contribution in [0.15, 0.2) is 23.1 Å². The molecule has 0 aliphatic heterocycles. The van der Waals surface area contributed by atoms with Gasteiger partial charge in [-0.2, -0.15) is 4.72 Å². The molecule has 17 heavy (non-hydrogen) atoms. The number of hydrogen-bond donors (Lipinski definition) is 2. The van der Waals surface area contributed by atoms with Gasteiger partial charge in [-0.25, -0.2) is 12.8 Å². The maximum absolute atomic E-state index is 13.5. The first-order valence-electron chi connectivity index (χ1n) is 4.75. The Bertz CT molecular complexity index is 574. The summed E-state index contributed by atoms with van der Waals surface area (Å²) in [7, 11) is -4.00. The summed E-state index contributed by atoms with van der Waals surface area (Å²) in [4.78, 5) is -0.477. The zero-order valence-electron chi connectivity index (χ0n) is 9.49. The van der Waals surface area contributed by atoms with Crippen LogP contribution < -0.4 is 10.5 Å². The second-order valence-electron chi connectivity index (χ2n) is 4.06. The van der Waals surface area contributed by atoms with Crippen LogP contribution in [0.25, 0.3) is 0 Å². The fraction of sp³-hybridized carbons (Fsp3) is 0.273. The van der Waals surface area contributed by atoms with Gasteiger partial charge in [0.2, 0.25) is 10.0 Å². The number of anilines is 1. The van der Waals surface area contributed by atoms with E-state index in [9.17, 15) is 12.8 Å². The number of hydrogen-bond acceptors (Lipinski definition) is 3. The lowest BCUT2D eigenvalue weighted by atomic mass is 10.1. The molecule has 1 rings (SSSR count). The second-order valence-corrected chi connectivity index (χ2v) is 5.72. The molecule has 92 valence electrons. The van der Waals surface area contributed by atoms with E-state index >= 15 is 0 Å². The molecule has 0 atom stereocenters. The Kier molecular flexibility index (Phi) is 3.45. The van der Waals surface area contributed by atoms with Gasteiger partial charge in [0.25, 0.3) is 0 Å². The van der Waals surface area contributed by atoms with E-state index in [2.05, 4.69) is 10.6 Å². The van der Waals surface area contributed by atoms with Gasteiger partial charge in [-0.15, -0.1) is 6.42 Å². The largest absolute Gasteiger partial charge is 0.399 e. The number of nitrogens with two attached hydrogens (primary N) is 1. The third-order valence-electron chi connectivity index (χ3n) is 2.00. The highest BCUT2D eigenvalue weighted by molar-refractivity contribution is 7.89. The molecule has 1 aromatic rings. The molecule has 0 bridgehead atoms. The molecule has 0 aliphatic rings. The van der Waals surface area contributed by atoms with E-state index in [1.54, 1.807) is 0 Å². The van der Waals surface area contributed by atoms with Crippen LogP contribution in [0.2, 0.25) is 0 Å². The van der Waals surface area contributed by atoms with Crippen LogP contribution in [-0.4, -0.2) is 14.0 Å². The Balaban J connectivity index is 3.20. The predicted molar refractivity (Wildman–Crippen MR) is 64.0 cm³/mol. The summed E-state index contributed by atoms with van der Waals surface area (Å²) in [6.45, 7) is 3.00. The van der Waals surface area contributed by atoms with Crippen molar-refractivity contribution in [1.82, 2.24) is 4.72 Å². The zero-order valence-corrected chi connectivity index (χ0v) is 10.3. The Morgan fingerprint density at radius 3 is 2.53 bits per heavy atom. The van der Waals surface area contributed by atoms with Crippen molar-refractivity contribution in [3.63, 3.8) is 0 Å². The third kappa shape index (κ3) is 3.19. The van der Waals surface area contributed by atoms with Gasteiger partial charge in [0.05, 0.1) is 5.54 Å². The molecular formula is C11H13FN2O2S. The highest BCUT2D eigenvalue weighted by Gasteiger charge is 2.26. The molecule has 6 heteroatoms. The van der Waals surface area contributed by atoms with E-state index in [0.29, 0.717) is 0 Å². The molecule has 0 radical (unpaired) electrons. The fourth-order valence-electron chi connectivity index (χ4n) is 1.16. The van der Waals surface area contributed by atoms with E-state index in [0.717, 1.165) is 12.1 Å². The Labute approximate surface area is 100 Å². The van der Waals surface area contributed by atoms with Crippen LogP contribution in [0.3, 0.4) is 0 Å². The van der Waals surface area contributed by atoms with Gasteiger partial charge in [-0.1, -0.05) is 5.92 Å². The van der Waals surface area contributed by atoms with Crippen LogP contribution >= 0.6 is 0 Å². The van der Waals surface area contributed by atoms with Crippen LogP contribution in [0.4, 0.5) is 10.1 Å². The minimum Gasteiger partial charge on any atom is -0.399 e. The van der Waals surface area contributed by atoms with Gasteiger partial charge >= 0.3 is 0 Å². The lowest BCUT2D eigenvalue weighted by Crippen LogP contribution is -2.42. The molecule has 0 fully saturated rings. The minimum atomic E-state index is -4.00. The number of nitrogens with one attached hydrogen (secondary N) is 1. The summed E-state index contributed by atoms with van der Waals surface area (Å²) in [5.74, 6) is 1.35. The Morgan fingerprint density at radius 1 is 1.47 bits per heavy atom. The summed E-state index contributed by atoms with van der Waals surface area (Å²) in [6.07, 6.45) is 5.16. The summed E-state index contributed by atoms with van der Waals surface area (Å²) < 4.78 is 39.4. The van der Waals surface area contributed by atoms with Crippen molar-refractivity contribution in [2.24, 2.45) is 0 Å². The van der Waals surface area contributed by atoms with Gasteiger partial charge < -0.3 is 5.73 Å². The fourth-order valence-corrected chi connectivity index (χ4v) is 2.56. The van der Waals surface area contributed by atoms with E-state index in [1.807, 2.05) is 0 Å². The first kappa shape index (κ1) is 13.5. The minimum absolute atomic E-state index is 0.151. The second kappa shape index (κ2) is 4.35. The first-order valence-corrected chi connectivity index (χ1v) is 6.23. The predicted octanol–water partition coefficient (Wildman–Crippen LogP) is 1.10. The van der Waals surface area contributed by atoms with Crippen LogP contribution in [0, 0.1) is 18.2 Å². The summed E-state index contributed by atoms with van der Waals surface area (Å²) in [6, 6.07) is 3.34. The van der Waals surface area contributed by atoms with E-state index < -0.39 is 26.3 Å². The molecule has 0 saturated heterocycles. The average molecular weight is 256 g/mol. The van der Waals surface area contributed by atoms with Crippen LogP contribution in [0.1, 0.15) is 13.8 Å². The number of benzene rings is 1. The van der Waals surface area contributed by atoms with Crippen molar-refractivity contribution in [3.05, 3.63) is 24.0 Å². The molecule has 0 aromatic heterocycles. The molecule has 0 spiro atoms. The highest BCUT2D eigenvalue weighted by Crippen LogP contribution is 2.18. The molecule has 0 saturated carbocycles. The summed E-state index contributed by atoms with van der Waals surface area (Å²) in [5, 5.41) is 0. The molecule has 0 aliphatic carbocycles. The quantitative estimate of drug-likeness (QED) is 0.628. The first-order chi connectivity index (χ1) is 7.68. The van der Waals surface area contributed by atoms with E-state index in [-0.39, 0.29) is 5.69 Å². The van der Waals surface area contributed by atoms with Crippen molar-refractivity contribution in [3.8, 4) is 12.3 Å². The zero-order chi connectivity index (χ0) is 13.3. The Hall–Kier alpha value is -1.58. The molecule has 4 nitrogen and oxygen atoms in total. The monoisotopic (exact) mass is 256 g/mol. The molecule has 0 heterocycles. The molecule has 1 aromatic carbocycles. The van der Waals surface area contributed by atoms with Crippen LogP contribution in [0.5, 0.6) is 0 Å². The smallest absolute Gasteiger partial charge is 0.244 e. The normalized spacial score (nSPS) is 12.1. The van der Waals surface area contributed by atoms with E-state index in [4.69, 9.17) is 12.2 Å². The van der Waals surface area contributed by atoms with Crippen molar-refractivity contribution in [2.45, 2.75) is 24.3 Å². The summed E-state index contributed by atoms with van der Waals surface area (Å²) in [5.41, 5.74) is 4.40. The number of halogens is 1. The summed E-state index contributed by atoms with van der Waals surface area (Å²) >= 11 is 0. The molecular weight excluding hydrogens is 243 g/mol. The molecule has 0 unspecified atom stereocenters. The van der Waals surface area contributed by atoms with Gasteiger partial charge in [-0.3, -0.25) is 0 Å². The van der Waals surface area contributed by atoms with E-state index in [1.165, 1.54) is 19.9 Å². The standard InChI is InChI=1S/C11H13FN2O2S/c1-4-11(2,3)14-17(15,16)10-6-5-8(13)7-9(10)12/h1,5-7,14H,13H2,2-3H3. The number of sulfonamides is 1. The third-order valence-corrected chi connectivity index (χ3v) is 3.68. The maximum atomic E-state index is 13.5. The maximum Gasteiger partial charge on any atom is 0.244 e. The van der Waals surface area contributed by atoms with Gasteiger partial charge in [0.15, 0.2) is 0 Å². The molecule has 3 N–H and O–H groups in total. The van der Waals surface area contributed by atoms with Crippen molar-refractivity contribution >= 4 is 15.7 Å². The Morgan fingerprint density at radius 2 is 2.06 bits per heavy atom. The van der Waals surface area contributed by atoms with Crippen molar-refractivity contribution in [2.75, 3.05) is 5.73 Å². The lowest BCUT2D eigenvalue weighted by molar-refractivity contribution is 0.527. The molecule has 0 amide bonds. The topological polar surface area (TPSA) is 72.2 Å². The number of nitrogen functional groups attached to an aromatic ring is 1. The van der Waals surface area contributed by atoms with Crippen molar-refractivity contribution in [1.29, 1.82) is 0 Å². The van der Waals surface area contributed by atoms with Gasteiger partial charge in [-0.05, 0) is 32.0 Å². The van der Waals surface area contributed by atoms with Gasteiger partial charge in [0, 0.05) is 5.69 Å². The number of rotatable bonds is 3. The van der Waals surface area contributed by atoms with Crippen molar-refractivity contribution < 1.29 is 12.8 Å². The average Bonchev–Trinajstić information content (AvgIpc) is 2.15. The lowest BCUT2D eigenvalue weighted by Gasteiger charge is -2.19. The number of terminal acetylenes is 1. The van der Waals surface area contributed by atoms with Crippen LogP contribution in [-0.2, 0) is 10.0 Å².